The van der Waals surface area contributed by atoms with Gasteiger partial charge >= 0.3 is 0 Å². The number of halogens is 1. The van der Waals surface area contributed by atoms with Gasteiger partial charge < -0.3 is 14.7 Å². The van der Waals surface area contributed by atoms with Crippen LogP contribution in [0, 0.1) is 5.82 Å². The van der Waals surface area contributed by atoms with Gasteiger partial charge in [0.2, 0.25) is 23.5 Å². The molecule has 1 N–H and O–H groups in total. The molecule has 3 rings (SSSR count). The summed E-state index contributed by atoms with van der Waals surface area (Å²) in [5.41, 5.74) is 0.351. The van der Waals surface area contributed by atoms with E-state index in [1.807, 2.05) is 17.5 Å². The van der Waals surface area contributed by atoms with E-state index in [0.29, 0.717) is 30.2 Å². The first-order valence-corrected chi connectivity index (χ1v) is 9.55. The van der Waals surface area contributed by atoms with Crippen molar-refractivity contribution < 1.29 is 18.5 Å². The molecule has 0 aliphatic carbocycles. The number of rotatable bonds is 8. The van der Waals surface area contributed by atoms with Crippen LogP contribution >= 0.6 is 11.3 Å². The summed E-state index contributed by atoms with van der Waals surface area (Å²) in [5.74, 6) is 0.0157. The van der Waals surface area contributed by atoms with Gasteiger partial charge in [-0.3, -0.25) is 9.59 Å². The fourth-order valence-corrected chi connectivity index (χ4v) is 3.16. The van der Waals surface area contributed by atoms with Gasteiger partial charge in [0.1, 0.15) is 5.82 Å². The number of carbonyl (C=O) groups is 2. The lowest BCUT2D eigenvalue weighted by Gasteiger charge is -2.16. The number of aromatic nitrogens is 2. The number of likely N-dealkylation sites (N-methyl/N-ethyl adjacent to an activating group) is 1. The maximum absolute atomic E-state index is 13.1. The third kappa shape index (κ3) is 5.46. The van der Waals surface area contributed by atoms with Gasteiger partial charge in [0.05, 0.1) is 11.4 Å². The van der Waals surface area contributed by atoms with Crippen LogP contribution in [0.5, 0.6) is 0 Å². The van der Waals surface area contributed by atoms with E-state index in [4.69, 9.17) is 4.52 Å². The monoisotopic (exact) mass is 402 g/mol. The summed E-state index contributed by atoms with van der Waals surface area (Å²) in [6.45, 7) is -0.113. The lowest BCUT2D eigenvalue weighted by atomic mass is 10.2. The summed E-state index contributed by atoms with van der Waals surface area (Å²) >= 11 is 1.52. The smallest absolute Gasteiger partial charge is 0.243 e. The van der Waals surface area contributed by atoms with Crippen molar-refractivity contribution >= 4 is 28.8 Å². The van der Waals surface area contributed by atoms with Crippen LogP contribution in [-0.2, 0) is 16.0 Å². The third-order valence-electron chi connectivity index (χ3n) is 3.91. The maximum atomic E-state index is 13.1. The summed E-state index contributed by atoms with van der Waals surface area (Å²) in [6.07, 6.45) is 1.26. The predicted molar refractivity (Wildman–Crippen MR) is 103 cm³/mol. The van der Waals surface area contributed by atoms with E-state index in [1.54, 1.807) is 13.1 Å². The number of nitrogens with one attached hydrogen (secondary N) is 1. The Balaban J connectivity index is 1.41. The van der Waals surface area contributed by atoms with E-state index in [-0.39, 0.29) is 24.8 Å². The number of nitrogens with zero attached hydrogens (tertiary/aromatic N) is 3. The Morgan fingerprint density at radius 2 is 2.14 bits per heavy atom. The molecule has 0 radical (unpaired) electrons. The van der Waals surface area contributed by atoms with Crippen LogP contribution in [0.4, 0.5) is 10.1 Å². The Morgan fingerprint density at radius 1 is 1.29 bits per heavy atom. The van der Waals surface area contributed by atoms with Gasteiger partial charge in [0, 0.05) is 25.6 Å². The van der Waals surface area contributed by atoms with Gasteiger partial charge in [0.25, 0.3) is 0 Å². The zero-order valence-corrected chi connectivity index (χ0v) is 16.0. The van der Waals surface area contributed by atoms with Crippen molar-refractivity contribution in [2.45, 2.75) is 19.3 Å². The van der Waals surface area contributed by atoms with Crippen molar-refractivity contribution in [2.75, 3.05) is 18.9 Å². The van der Waals surface area contributed by atoms with Gasteiger partial charge in [0.15, 0.2) is 0 Å². The molecule has 0 aliphatic heterocycles. The number of hydrogen-bond donors (Lipinski definition) is 1. The Hall–Kier alpha value is -3.07. The van der Waals surface area contributed by atoms with Gasteiger partial charge in [-0.25, -0.2) is 4.39 Å². The van der Waals surface area contributed by atoms with Gasteiger partial charge in [-0.05, 0) is 36.1 Å². The van der Waals surface area contributed by atoms with Crippen LogP contribution in [0.2, 0.25) is 0 Å². The van der Waals surface area contributed by atoms with Crippen molar-refractivity contribution in [3.8, 4) is 10.7 Å². The molecular formula is C19H19FN4O3S. The highest BCUT2D eigenvalue weighted by Gasteiger charge is 2.15. The second-order valence-corrected chi connectivity index (χ2v) is 7.10. The number of thiophene rings is 1. The molecule has 0 aliphatic rings. The van der Waals surface area contributed by atoms with Crippen LogP contribution in [0.3, 0.4) is 0 Å². The summed E-state index contributed by atoms with van der Waals surface area (Å²) in [4.78, 5) is 30.7. The topological polar surface area (TPSA) is 88.3 Å². The van der Waals surface area contributed by atoms with Crippen molar-refractivity contribution in [3.05, 3.63) is 53.5 Å². The third-order valence-corrected chi connectivity index (χ3v) is 4.77. The van der Waals surface area contributed by atoms with E-state index < -0.39 is 5.82 Å². The number of aryl methyl sites for hydroxylation is 1. The molecule has 7 nitrogen and oxygen atoms in total. The largest absolute Gasteiger partial charge is 0.339 e. The average molecular weight is 402 g/mol. The number of anilines is 1. The van der Waals surface area contributed by atoms with Gasteiger partial charge in [-0.2, -0.15) is 4.98 Å². The Kier molecular flexibility index (Phi) is 6.49. The number of carbonyl (C=O) groups excluding carboxylic acids is 2. The minimum Gasteiger partial charge on any atom is -0.339 e. The first kappa shape index (κ1) is 19.7. The molecule has 0 saturated carbocycles. The normalized spacial score (nSPS) is 10.6. The molecule has 1 aromatic carbocycles. The van der Waals surface area contributed by atoms with Crippen LogP contribution in [0.1, 0.15) is 18.7 Å². The fourth-order valence-electron chi connectivity index (χ4n) is 2.51. The summed E-state index contributed by atoms with van der Waals surface area (Å²) in [6, 6.07) is 9.41. The van der Waals surface area contributed by atoms with Crippen LogP contribution in [0.25, 0.3) is 10.7 Å². The number of benzene rings is 1. The molecule has 0 unspecified atom stereocenters. The molecule has 2 heterocycles. The summed E-state index contributed by atoms with van der Waals surface area (Å²) < 4.78 is 18.3. The van der Waals surface area contributed by atoms with Crippen LogP contribution in [0.15, 0.2) is 46.3 Å². The van der Waals surface area contributed by atoms with Crippen molar-refractivity contribution in [2.24, 2.45) is 0 Å². The molecule has 0 bridgehead atoms. The molecule has 146 valence electrons. The van der Waals surface area contributed by atoms with Gasteiger partial charge in [-0.1, -0.05) is 17.3 Å². The summed E-state index contributed by atoms with van der Waals surface area (Å²) in [7, 11) is 1.55. The quantitative estimate of drug-likeness (QED) is 0.624. The molecule has 0 saturated heterocycles. The number of amides is 2. The van der Waals surface area contributed by atoms with E-state index in [2.05, 4.69) is 15.5 Å². The number of hydrogen-bond acceptors (Lipinski definition) is 6. The van der Waals surface area contributed by atoms with Crippen molar-refractivity contribution in [1.82, 2.24) is 15.0 Å². The lowest BCUT2D eigenvalue weighted by molar-refractivity contribution is -0.133. The van der Waals surface area contributed by atoms with Crippen LogP contribution < -0.4 is 5.32 Å². The molecule has 2 amide bonds. The zero-order valence-electron chi connectivity index (χ0n) is 15.2. The van der Waals surface area contributed by atoms with E-state index in [0.717, 1.165) is 4.88 Å². The van der Waals surface area contributed by atoms with E-state index in [9.17, 15) is 14.0 Å². The lowest BCUT2D eigenvalue weighted by Crippen LogP contribution is -2.34. The van der Waals surface area contributed by atoms with Gasteiger partial charge in [-0.15, -0.1) is 11.3 Å². The molecule has 9 heteroatoms. The maximum Gasteiger partial charge on any atom is 0.243 e. The Morgan fingerprint density at radius 3 is 2.89 bits per heavy atom. The first-order chi connectivity index (χ1) is 13.5. The van der Waals surface area contributed by atoms with Crippen molar-refractivity contribution in [3.63, 3.8) is 0 Å². The molecule has 28 heavy (non-hydrogen) atoms. The highest BCUT2D eigenvalue weighted by Crippen LogP contribution is 2.21. The fraction of sp³-hybridized carbons (Fsp3) is 0.263. The SMILES string of the molecule is CN(CC(=O)Nc1cccc(F)c1)C(=O)CCCc1nc(-c2cccs2)no1. The summed E-state index contributed by atoms with van der Waals surface area (Å²) in [5, 5.41) is 8.42. The molecule has 0 atom stereocenters. The standard InChI is InChI=1S/C19H19FN4O3S/c1-24(12-16(25)21-14-6-2-5-13(20)11-14)18(26)9-3-8-17-22-19(23-27-17)15-7-4-10-28-15/h2,4-7,10-11H,3,8-9,12H2,1H3,(H,21,25). The minimum atomic E-state index is -0.439. The Bertz CT molecular complexity index is 942. The van der Waals surface area contributed by atoms with Crippen molar-refractivity contribution in [1.29, 1.82) is 0 Å². The highest BCUT2D eigenvalue weighted by molar-refractivity contribution is 7.13. The predicted octanol–water partition coefficient (Wildman–Crippen LogP) is 3.36. The zero-order chi connectivity index (χ0) is 19.9. The molecule has 2 aromatic heterocycles. The Labute approximate surface area is 165 Å². The highest BCUT2D eigenvalue weighted by atomic mass is 32.1. The molecule has 0 spiro atoms. The second-order valence-electron chi connectivity index (χ2n) is 6.15. The second kappa shape index (κ2) is 9.23. The average Bonchev–Trinajstić information content (AvgIpc) is 3.33. The molecule has 0 fully saturated rings. The minimum absolute atomic E-state index is 0.113. The molecular weight excluding hydrogens is 383 g/mol. The van der Waals surface area contributed by atoms with E-state index >= 15 is 0 Å². The van der Waals surface area contributed by atoms with E-state index in [1.165, 1.54) is 34.4 Å². The first-order valence-electron chi connectivity index (χ1n) is 8.67. The molecule has 3 aromatic rings. The van der Waals surface area contributed by atoms with Crippen LogP contribution in [-0.4, -0.2) is 40.4 Å².